The van der Waals surface area contributed by atoms with E-state index in [9.17, 15) is 5.11 Å². The van der Waals surface area contributed by atoms with Crippen LogP contribution >= 0.6 is 0 Å². The molecule has 1 atom stereocenters. The Hall–Kier alpha value is -1.80. The molecule has 1 N–H and O–H groups in total. The highest BCUT2D eigenvalue weighted by atomic mass is 16.3. The largest absolute Gasteiger partial charge is 0.384 e. The van der Waals surface area contributed by atoms with Gasteiger partial charge in [0, 0.05) is 19.8 Å². The number of nitrogens with zero attached hydrogens (tertiary/aromatic N) is 1. The molecule has 0 aromatic heterocycles. The summed E-state index contributed by atoms with van der Waals surface area (Å²) in [5.41, 5.74) is 5.35. The molecule has 0 spiro atoms. The van der Waals surface area contributed by atoms with Gasteiger partial charge in [0.1, 0.15) is 6.10 Å². The van der Waals surface area contributed by atoms with Crippen molar-refractivity contribution in [1.29, 1.82) is 0 Å². The van der Waals surface area contributed by atoms with Crippen LogP contribution in [0.4, 0.5) is 5.69 Å². The number of hydrogen-bond donors (Lipinski definition) is 1. The van der Waals surface area contributed by atoms with Gasteiger partial charge >= 0.3 is 0 Å². The molecule has 2 nitrogen and oxygen atoms in total. The topological polar surface area (TPSA) is 23.5 Å². The van der Waals surface area contributed by atoms with E-state index in [0.29, 0.717) is 0 Å². The average Bonchev–Trinajstić information content (AvgIpc) is 2.38. The van der Waals surface area contributed by atoms with Gasteiger partial charge in [0.25, 0.3) is 0 Å². The van der Waals surface area contributed by atoms with Gasteiger partial charge in [-0.15, -0.1) is 0 Å². The van der Waals surface area contributed by atoms with Gasteiger partial charge in [-0.05, 0) is 42.7 Å². The third kappa shape index (κ3) is 2.96. The van der Waals surface area contributed by atoms with Crippen molar-refractivity contribution in [2.75, 3.05) is 19.0 Å². The van der Waals surface area contributed by atoms with Crippen LogP contribution in [0.2, 0.25) is 0 Å². The summed E-state index contributed by atoms with van der Waals surface area (Å²) in [5, 5.41) is 10.6. The molecule has 0 bridgehead atoms. The number of anilines is 1. The molecule has 19 heavy (non-hydrogen) atoms. The molecule has 0 saturated heterocycles. The Morgan fingerprint density at radius 3 is 2.37 bits per heavy atom. The zero-order valence-corrected chi connectivity index (χ0v) is 12.0. The van der Waals surface area contributed by atoms with E-state index in [4.69, 9.17) is 0 Å². The zero-order chi connectivity index (χ0) is 14.0. The molecule has 0 radical (unpaired) electrons. The first-order valence-corrected chi connectivity index (χ1v) is 6.51. The van der Waals surface area contributed by atoms with E-state index < -0.39 is 6.10 Å². The van der Waals surface area contributed by atoms with Crippen molar-refractivity contribution >= 4 is 5.69 Å². The number of benzene rings is 2. The summed E-state index contributed by atoms with van der Waals surface area (Å²) in [6.07, 6.45) is -0.569. The summed E-state index contributed by atoms with van der Waals surface area (Å²) in [7, 11) is 4.01. The Balaban J connectivity index is 2.38. The fourth-order valence-corrected chi connectivity index (χ4v) is 2.29. The quantitative estimate of drug-likeness (QED) is 0.908. The standard InChI is InChI=1S/C17H21NO/c1-12-8-9-16(13(2)10-12)17(19)14-6-5-7-15(11-14)18(3)4/h5-11,17,19H,1-4H3. The third-order valence-corrected chi connectivity index (χ3v) is 3.42. The molecule has 0 fully saturated rings. The maximum atomic E-state index is 10.6. The molecule has 2 rings (SSSR count). The lowest BCUT2D eigenvalue weighted by Gasteiger charge is -2.18. The molecular formula is C17H21NO. The highest BCUT2D eigenvalue weighted by Gasteiger charge is 2.13. The van der Waals surface area contributed by atoms with Crippen molar-refractivity contribution in [2.24, 2.45) is 0 Å². The summed E-state index contributed by atoms with van der Waals surface area (Å²) < 4.78 is 0. The van der Waals surface area contributed by atoms with E-state index in [1.165, 1.54) is 5.56 Å². The molecular weight excluding hydrogens is 234 g/mol. The third-order valence-electron chi connectivity index (χ3n) is 3.42. The number of aliphatic hydroxyl groups excluding tert-OH is 1. The highest BCUT2D eigenvalue weighted by Crippen LogP contribution is 2.27. The van der Waals surface area contributed by atoms with Crippen molar-refractivity contribution in [1.82, 2.24) is 0 Å². The van der Waals surface area contributed by atoms with Gasteiger partial charge in [0.05, 0.1) is 0 Å². The van der Waals surface area contributed by atoms with Crippen molar-refractivity contribution in [2.45, 2.75) is 20.0 Å². The molecule has 2 heteroatoms. The lowest BCUT2D eigenvalue weighted by atomic mass is 9.96. The number of rotatable bonds is 3. The van der Waals surface area contributed by atoms with Gasteiger partial charge < -0.3 is 10.0 Å². The molecule has 0 amide bonds. The Kier molecular flexibility index (Phi) is 3.91. The van der Waals surface area contributed by atoms with Crippen LogP contribution in [0.25, 0.3) is 0 Å². The summed E-state index contributed by atoms with van der Waals surface area (Å²) in [6, 6.07) is 14.2. The van der Waals surface area contributed by atoms with Crippen LogP contribution in [0.15, 0.2) is 42.5 Å². The van der Waals surface area contributed by atoms with E-state index in [1.54, 1.807) is 0 Å². The van der Waals surface area contributed by atoms with Crippen LogP contribution in [0.1, 0.15) is 28.4 Å². The highest BCUT2D eigenvalue weighted by molar-refractivity contribution is 5.49. The predicted octanol–water partition coefficient (Wildman–Crippen LogP) is 3.45. The van der Waals surface area contributed by atoms with Gasteiger partial charge in [0.15, 0.2) is 0 Å². The minimum Gasteiger partial charge on any atom is -0.384 e. The zero-order valence-electron chi connectivity index (χ0n) is 12.0. The Morgan fingerprint density at radius 2 is 1.74 bits per heavy atom. The number of aryl methyl sites for hydroxylation is 2. The van der Waals surface area contributed by atoms with E-state index in [0.717, 1.165) is 22.4 Å². The van der Waals surface area contributed by atoms with Crippen LogP contribution in [0.3, 0.4) is 0 Å². The molecule has 2 aromatic rings. The van der Waals surface area contributed by atoms with Gasteiger partial charge in [0.2, 0.25) is 0 Å². The summed E-state index contributed by atoms with van der Waals surface area (Å²) in [6.45, 7) is 4.11. The van der Waals surface area contributed by atoms with Gasteiger partial charge in [-0.1, -0.05) is 35.9 Å². The molecule has 1 unspecified atom stereocenters. The van der Waals surface area contributed by atoms with Crippen molar-refractivity contribution in [3.05, 3.63) is 64.7 Å². The summed E-state index contributed by atoms with van der Waals surface area (Å²) in [5.74, 6) is 0. The van der Waals surface area contributed by atoms with Crippen LogP contribution in [0.5, 0.6) is 0 Å². The van der Waals surface area contributed by atoms with Crippen molar-refractivity contribution < 1.29 is 5.11 Å². The molecule has 0 aliphatic rings. The lowest BCUT2D eigenvalue weighted by molar-refractivity contribution is 0.219. The summed E-state index contributed by atoms with van der Waals surface area (Å²) in [4.78, 5) is 2.04. The monoisotopic (exact) mass is 255 g/mol. The Bertz CT molecular complexity index is 575. The van der Waals surface area contributed by atoms with Gasteiger partial charge in [-0.25, -0.2) is 0 Å². The molecule has 0 aliphatic carbocycles. The SMILES string of the molecule is Cc1ccc(C(O)c2cccc(N(C)C)c2)c(C)c1. The van der Waals surface area contributed by atoms with E-state index in [2.05, 4.69) is 13.0 Å². The van der Waals surface area contributed by atoms with Crippen molar-refractivity contribution in [3.8, 4) is 0 Å². The molecule has 100 valence electrons. The fourth-order valence-electron chi connectivity index (χ4n) is 2.29. The number of aliphatic hydroxyl groups is 1. The fraction of sp³-hybridized carbons (Fsp3) is 0.294. The second kappa shape index (κ2) is 5.45. The van der Waals surface area contributed by atoms with Gasteiger partial charge in [-0.2, -0.15) is 0 Å². The summed E-state index contributed by atoms with van der Waals surface area (Å²) >= 11 is 0. The van der Waals surface area contributed by atoms with E-state index in [-0.39, 0.29) is 0 Å². The molecule has 0 aliphatic heterocycles. The predicted molar refractivity (Wildman–Crippen MR) is 80.7 cm³/mol. The minimum absolute atomic E-state index is 0.569. The Labute approximate surface area is 115 Å². The van der Waals surface area contributed by atoms with Crippen LogP contribution in [0, 0.1) is 13.8 Å². The molecule has 2 aromatic carbocycles. The van der Waals surface area contributed by atoms with Crippen molar-refractivity contribution in [3.63, 3.8) is 0 Å². The second-order valence-corrected chi connectivity index (χ2v) is 5.25. The minimum atomic E-state index is -0.569. The first-order valence-electron chi connectivity index (χ1n) is 6.51. The van der Waals surface area contributed by atoms with Crippen LogP contribution in [-0.2, 0) is 0 Å². The number of hydrogen-bond acceptors (Lipinski definition) is 2. The first kappa shape index (κ1) is 13.6. The molecule has 0 saturated carbocycles. The lowest BCUT2D eigenvalue weighted by Crippen LogP contribution is -2.10. The van der Waals surface area contributed by atoms with E-state index >= 15 is 0 Å². The normalized spacial score (nSPS) is 12.3. The smallest absolute Gasteiger partial charge is 0.104 e. The molecule has 0 heterocycles. The maximum Gasteiger partial charge on any atom is 0.104 e. The van der Waals surface area contributed by atoms with E-state index in [1.807, 2.05) is 62.3 Å². The van der Waals surface area contributed by atoms with Crippen LogP contribution < -0.4 is 4.90 Å². The average molecular weight is 255 g/mol. The second-order valence-electron chi connectivity index (χ2n) is 5.25. The maximum absolute atomic E-state index is 10.6. The first-order chi connectivity index (χ1) is 8.99. The van der Waals surface area contributed by atoms with Gasteiger partial charge in [-0.3, -0.25) is 0 Å². The Morgan fingerprint density at radius 1 is 1.00 bits per heavy atom. The van der Waals surface area contributed by atoms with Crippen LogP contribution in [-0.4, -0.2) is 19.2 Å².